The first-order chi connectivity index (χ1) is 9.10. The minimum atomic E-state index is -0.562. The third-order valence-electron chi connectivity index (χ3n) is 3.29. The van der Waals surface area contributed by atoms with Crippen LogP contribution in [0, 0.1) is 5.92 Å². The molecule has 2 N–H and O–H groups in total. The average molecular weight is 267 g/mol. The van der Waals surface area contributed by atoms with Gasteiger partial charge < -0.3 is 19.9 Å². The quantitative estimate of drug-likeness (QED) is 0.759. The lowest BCUT2D eigenvalue weighted by Gasteiger charge is -2.16. The fourth-order valence-electron chi connectivity index (χ4n) is 1.75. The Kier molecular flexibility index (Phi) is 6.67. The number of aliphatic hydroxyl groups is 1. The Morgan fingerprint density at radius 3 is 2.16 bits per heavy atom. The van der Waals surface area contributed by atoms with Gasteiger partial charge in [-0.25, -0.2) is 0 Å². The summed E-state index contributed by atoms with van der Waals surface area (Å²) in [7, 11) is 3.21. The van der Waals surface area contributed by atoms with Crippen LogP contribution in [-0.2, 0) is 0 Å². The summed E-state index contributed by atoms with van der Waals surface area (Å²) in [6, 6.07) is 5.46. The zero-order valence-corrected chi connectivity index (χ0v) is 12.3. The Morgan fingerprint density at radius 1 is 1.11 bits per heavy atom. The second-order valence-electron chi connectivity index (χ2n) is 4.83. The SMILES string of the molecule is CCC(C)CNCC(O)c1cc(OC)cc(OC)c1. The molecule has 1 aromatic carbocycles. The van der Waals surface area contributed by atoms with Crippen molar-refractivity contribution in [3.05, 3.63) is 23.8 Å². The minimum absolute atomic E-state index is 0.528. The fourth-order valence-corrected chi connectivity index (χ4v) is 1.75. The van der Waals surface area contributed by atoms with E-state index < -0.39 is 6.10 Å². The van der Waals surface area contributed by atoms with Crippen molar-refractivity contribution in [3.63, 3.8) is 0 Å². The number of nitrogens with one attached hydrogen (secondary N) is 1. The molecule has 0 aliphatic rings. The van der Waals surface area contributed by atoms with Crippen molar-refractivity contribution in [1.29, 1.82) is 0 Å². The first-order valence-electron chi connectivity index (χ1n) is 6.72. The van der Waals surface area contributed by atoms with Crippen LogP contribution in [0.2, 0.25) is 0 Å². The van der Waals surface area contributed by atoms with Gasteiger partial charge in [-0.05, 0) is 30.2 Å². The summed E-state index contributed by atoms with van der Waals surface area (Å²) in [4.78, 5) is 0. The van der Waals surface area contributed by atoms with Crippen molar-refractivity contribution in [3.8, 4) is 11.5 Å². The molecule has 0 aromatic heterocycles. The van der Waals surface area contributed by atoms with E-state index in [1.807, 2.05) is 12.1 Å². The van der Waals surface area contributed by atoms with Gasteiger partial charge in [0.25, 0.3) is 0 Å². The van der Waals surface area contributed by atoms with Gasteiger partial charge in [0.15, 0.2) is 0 Å². The van der Waals surface area contributed by atoms with Crippen molar-refractivity contribution in [2.75, 3.05) is 27.3 Å². The molecule has 0 aliphatic carbocycles. The number of methoxy groups -OCH3 is 2. The van der Waals surface area contributed by atoms with Crippen molar-refractivity contribution >= 4 is 0 Å². The second kappa shape index (κ2) is 8.02. The summed E-state index contributed by atoms with van der Waals surface area (Å²) >= 11 is 0. The summed E-state index contributed by atoms with van der Waals surface area (Å²) in [6.45, 7) is 5.79. The molecule has 4 heteroatoms. The van der Waals surface area contributed by atoms with E-state index in [2.05, 4.69) is 19.2 Å². The van der Waals surface area contributed by atoms with Gasteiger partial charge in [0.1, 0.15) is 11.5 Å². The van der Waals surface area contributed by atoms with Crippen LogP contribution in [0.1, 0.15) is 31.9 Å². The molecule has 108 valence electrons. The van der Waals surface area contributed by atoms with E-state index in [0.717, 1.165) is 18.5 Å². The van der Waals surface area contributed by atoms with E-state index in [1.165, 1.54) is 0 Å². The van der Waals surface area contributed by atoms with Gasteiger partial charge >= 0.3 is 0 Å². The number of benzene rings is 1. The number of hydrogen-bond donors (Lipinski definition) is 2. The zero-order valence-electron chi connectivity index (χ0n) is 12.3. The average Bonchev–Trinajstić information content (AvgIpc) is 2.46. The maximum absolute atomic E-state index is 10.2. The maximum atomic E-state index is 10.2. The lowest BCUT2D eigenvalue weighted by molar-refractivity contribution is 0.172. The molecular formula is C15H25NO3. The zero-order chi connectivity index (χ0) is 14.3. The highest BCUT2D eigenvalue weighted by molar-refractivity contribution is 5.39. The molecule has 0 amide bonds. The molecule has 19 heavy (non-hydrogen) atoms. The Morgan fingerprint density at radius 2 is 1.68 bits per heavy atom. The Labute approximate surface area is 115 Å². The van der Waals surface area contributed by atoms with Crippen LogP contribution in [0.4, 0.5) is 0 Å². The highest BCUT2D eigenvalue weighted by Crippen LogP contribution is 2.26. The minimum Gasteiger partial charge on any atom is -0.497 e. The van der Waals surface area contributed by atoms with Crippen LogP contribution in [0.25, 0.3) is 0 Å². The second-order valence-corrected chi connectivity index (χ2v) is 4.83. The normalized spacial score (nSPS) is 13.9. The van der Waals surface area contributed by atoms with Gasteiger partial charge in [0, 0.05) is 12.6 Å². The van der Waals surface area contributed by atoms with Crippen LogP contribution in [-0.4, -0.2) is 32.4 Å². The van der Waals surface area contributed by atoms with Crippen molar-refractivity contribution in [1.82, 2.24) is 5.32 Å². The number of ether oxygens (including phenoxy) is 2. The molecule has 1 aromatic rings. The van der Waals surface area contributed by atoms with E-state index in [9.17, 15) is 5.11 Å². The summed E-state index contributed by atoms with van der Waals surface area (Å²) < 4.78 is 10.4. The molecule has 0 bridgehead atoms. The smallest absolute Gasteiger partial charge is 0.122 e. The number of aliphatic hydroxyl groups excluding tert-OH is 1. The van der Waals surface area contributed by atoms with Gasteiger partial charge in [-0.15, -0.1) is 0 Å². The lowest BCUT2D eigenvalue weighted by atomic mass is 10.1. The van der Waals surface area contributed by atoms with Gasteiger partial charge in [0.05, 0.1) is 20.3 Å². The van der Waals surface area contributed by atoms with E-state index in [-0.39, 0.29) is 0 Å². The number of hydrogen-bond acceptors (Lipinski definition) is 4. The largest absolute Gasteiger partial charge is 0.497 e. The molecule has 1 rings (SSSR count). The van der Waals surface area contributed by atoms with E-state index in [4.69, 9.17) is 9.47 Å². The monoisotopic (exact) mass is 267 g/mol. The molecule has 0 aliphatic heterocycles. The standard InChI is InChI=1S/C15H25NO3/c1-5-11(2)9-16-10-15(17)12-6-13(18-3)8-14(7-12)19-4/h6-8,11,15-17H,5,9-10H2,1-4H3. The predicted octanol–water partition coefficient (Wildman–Crippen LogP) is 2.37. The molecule has 0 spiro atoms. The van der Waals surface area contributed by atoms with Crippen LogP contribution in [0.15, 0.2) is 18.2 Å². The Bertz CT molecular complexity index is 359. The van der Waals surface area contributed by atoms with Crippen molar-refractivity contribution in [2.45, 2.75) is 26.4 Å². The number of rotatable bonds is 8. The molecule has 4 nitrogen and oxygen atoms in total. The topological polar surface area (TPSA) is 50.7 Å². The van der Waals surface area contributed by atoms with Gasteiger partial charge in [-0.2, -0.15) is 0 Å². The van der Waals surface area contributed by atoms with Crippen LogP contribution < -0.4 is 14.8 Å². The molecule has 2 unspecified atom stereocenters. The summed E-state index contributed by atoms with van der Waals surface area (Å²) in [6.07, 6.45) is 0.573. The molecule has 0 fully saturated rings. The third kappa shape index (κ3) is 5.09. The predicted molar refractivity (Wildman–Crippen MR) is 76.8 cm³/mol. The molecule has 0 radical (unpaired) electrons. The van der Waals surface area contributed by atoms with Gasteiger partial charge in [-0.1, -0.05) is 20.3 Å². The van der Waals surface area contributed by atoms with Gasteiger partial charge in [0.2, 0.25) is 0 Å². The van der Waals surface area contributed by atoms with Crippen LogP contribution in [0.5, 0.6) is 11.5 Å². The molecule has 0 heterocycles. The van der Waals surface area contributed by atoms with E-state index in [1.54, 1.807) is 20.3 Å². The first kappa shape index (κ1) is 15.8. The van der Waals surface area contributed by atoms with E-state index in [0.29, 0.717) is 24.0 Å². The van der Waals surface area contributed by atoms with Crippen LogP contribution >= 0.6 is 0 Å². The fraction of sp³-hybridized carbons (Fsp3) is 0.600. The van der Waals surface area contributed by atoms with Crippen molar-refractivity contribution < 1.29 is 14.6 Å². The highest BCUT2D eigenvalue weighted by atomic mass is 16.5. The maximum Gasteiger partial charge on any atom is 0.122 e. The molecule has 0 saturated carbocycles. The summed E-state index contributed by atoms with van der Waals surface area (Å²) in [5.74, 6) is 2.00. The first-order valence-corrected chi connectivity index (χ1v) is 6.72. The molecular weight excluding hydrogens is 242 g/mol. The summed E-state index contributed by atoms with van der Waals surface area (Å²) in [5.41, 5.74) is 0.799. The third-order valence-corrected chi connectivity index (χ3v) is 3.29. The van der Waals surface area contributed by atoms with Gasteiger partial charge in [-0.3, -0.25) is 0 Å². The molecule has 2 atom stereocenters. The Balaban J connectivity index is 2.62. The van der Waals surface area contributed by atoms with E-state index >= 15 is 0 Å². The summed E-state index contributed by atoms with van der Waals surface area (Å²) in [5, 5.41) is 13.5. The molecule has 0 saturated heterocycles. The highest BCUT2D eigenvalue weighted by Gasteiger charge is 2.11. The lowest BCUT2D eigenvalue weighted by Crippen LogP contribution is -2.26. The Hall–Kier alpha value is -1.26. The van der Waals surface area contributed by atoms with Crippen molar-refractivity contribution in [2.24, 2.45) is 5.92 Å². The van der Waals surface area contributed by atoms with Crippen LogP contribution in [0.3, 0.4) is 0 Å².